The summed E-state index contributed by atoms with van der Waals surface area (Å²) in [5, 5.41) is 0. The van der Waals surface area contributed by atoms with Crippen LogP contribution < -0.4 is 0 Å². The van der Waals surface area contributed by atoms with E-state index >= 15 is 0 Å². The first kappa shape index (κ1) is 19.9. The maximum Gasteiger partial charge on any atom is 1.00 e. The molecule has 4 nitrogen and oxygen atoms in total. The van der Waals surface area contributed by atoms with Crippen LogP contribution in [-0.4, -0.2) is 19.9 Å². The van der Waals surface area contributed by atoms with Crippen molar-refractivity contribution in [1.82, 2.24) is 19.9 Å². The molecule has 7 heteroatoms. The maximum atomic E-state index is 3.72. The number of hydrogen-bond acceptors (Lipinski definition) is 4. The summed E-state index contributed by atoms with van der Waals surface area (Å²) in [7, 11) is 0. The number of nitrogens with zero attached hydrogens (tertiary/aromatic N) is 4. The molecule has 2 aromatic rings. The Morgan fingerprint density at radius 2 is 1.13 bits per heavy atom. The molecular formula is C8H9Cl2N4Ru. The van der Waals surface area contributed by atoms with Crippen molar-refractivity contribution in [1.29, 1.82) is 0 Å². The minimum absolute atomic E-state index is 0. The maximum absolute atomic E-state index is 3.72. The number of halogens is 2. The van der Waals surface area contributed by atoms with Crippen molar-refractivity contribution in [2.75, 3.05) is 0 Å². The van der Waals surface area contributed by atoms with Crippen LogP contribution in [0.5, 0.6) is 0 Å². The van der Waals surface area contributed by atoms with Gasteiger partial charge in [0.05, 0.1) is 0 Å². The Bertz CT molecular complexity index is 200. The van der Waals surface area contributed by atoms with E-state index in [-0.39, 0.29) is 44.3 Å². The van der Waals surface area contributed by atoms with E-state index < -0.39 is 0 Å². The van der Waals surface area contributed by atoms with Crippen molar-refractivity contribution < 1.29 is 19.5 Å². The van der Waals surface area contributed by atoms with E-state index in [1.165, 1.54) is 6.20 Å². The average molecular weight is 333 g/mol. The fraction of sp³-hybridized carbons (Fsp3) is 0. The summed E-state index contributed by atoms with van der Waals surface area (Å²) in [6.45, 7) is 0. The number of hydrogen-bond donors (Lipinski definition) is 0. The smallest absolute Gasteiger partial charge is 0.456 e. The summed E-state index contributed by atoms with van der Waals surface area (Å²) >= 11 is 0. The molecule has 1 radical (unpaired) electrons. The summed E-state index contributed by atoms with van der Waals surface area (Å²) in [5.41, 5.74) is 0. The molecule has 0 aromatic carbocycles. The van der Waals surface area contributed by atoms with E-state index in [1.54, 1.807) is 37.2 Å². The molecule has 2 aromatic heterocycles. The topological polar surface area (TPSA) is 51.6 Å². The molecule has 0 unspecified atom stereocenters. The van der Waals surface area contributed by atoms with Gasteiger partial charge in [-0.3, -0.25) is 9.97 Å². The van der Waals surface area contributed by atoms with E-state index in [1.807, 2.05) is 0 Å². The van der Waals surface area contributed by atoms with Gasteiger partial charge in [-0.25, -0.2) is 0 Å². The first-order valence-electron chi connectivity index (χ1n) is 3.32. The van der Waals surface area contributed by atoms with Crippen molar-refractivity contribution in [3.63, 3.8) is 0 Å². The average Bonchev–Trinajstić information content (AvgIpc) is 2.24. The Kier molecular flexibility index (Phi) is 20.9. The van der Waals surface area contributed by atoms with Gasteiger partial charge >= 0.3 is 19.5 Å². The summed E-state index contributed by atoms with van der Waals surface area (Å²) in [6, 6.07) is 0. The van der Waals surface area contributed by atoms with Crippen LogP contribution in [0.3, 0.4) is 0 Å². The van der Waals surface area contributed by atoms with Crippen LogP contribution in [0.1, 0.15) is 0 Å². The van der Waals surface area contributed by atoms with E-state index in [2.05, 4.69) is 26.1 Å². The molecule has 0 atom stereocenters. The molecule has 83 valence electrons. The van der Waals surface area contributed by atoms with Crippen molar-refractivity contribution in [2.24, 2.45) is 0 Å². The molecule has 0 aliphatic carbocycles. The molecule has 0 saturated heterocycles. The summed E-state index contributed by atoms with van der Waals surface area (Å²) in [4.78, 5) is 14.7. The fourth-order valence-corrected chi connectivity index (χ4v) is 0.478. The van der Waals surface area contributed by atoms with Crippen molar-refractivity contribution in [2.45, 2.75) is 0 Å². The third kappa shape index (κ3) is 13.4. The fourth-order valence-electron chi connectivity index (χ4n) is 0.478. The molecule has 15 heavy (non-hydrogen) atoms. The van der Waals surface area contributed by atoms with Gasteiger partial charge in [-0.05, 0) is 12.4 Å². The minimum atomic E-state index is 0. The minimum Gasteiger partial charge on any atom is -0.456 e. The predicted molar refractivity (Wildman–Crippen MR) is 57.4 cm³/mol. The van der Waals surface area contributed by atoms with Crippen molar-refractivity contribution >= 4 is 24.8 Å². The molecule has 0 saturated carbocycles. The zero-order chi connectivity index (χ0) is 8.49. The second kappa shape index (κ2) is 15.8. The standard InChI is InChI=1S/C4H4N2.C4H3N2.2ClH.Ru/c2*1-2-6-4-3-5-1;;;/h1-4H;1-3H;2*1H;/q;-1;;;+1. The van der Waals surface area contributed by atoms with Gasteiger partial charge in [-0.2, -0.15) is 0 Å². The first-order chi connectivity index (χ1) is 6.00. The Hall–Kier alpha value is -0.637. The normalized spacial score (nSPS) is 6.40. The summed E-state index contributed by atoms with van der Waals surface area (Å²) < 4.78 is 0. The molecule has 0 spiro atoms. The quantitative estimate of drug-likeness (QED) is 0.543. The molecule has 2 rings (SSSR count). The Balaban J connectivity index is -0.000000160. The third-order valence-corrected chi connectivity index (χ3v) is 0.912. The predicted octanol–water partition coefficient (Wildman–Crippen LogP) is 1.59. The molecule has 0 aliphatic heterocycles. The van der Waals surface area contributed by atoms with Gasteiger partial charge in [-0.15, -0.1) is 37.2 Å². The Labute approximate surface area is 114 Å². The van der Waals surface area contributed by atoms with Gasteiger partial charge in [-0.1, -0.05) is 0 Å². The van der Waals surface area contributed by atoms with Gasteiger partial charge < -0.3 is 9.97 Å². The van der Waals surface area contributed by atoms with Crippen LogP contribution in [0.2, 0.25) is 0 Å². The number of rotatable bonds is 0. The second-order valence-corrected chi connectivity index (χ2v) is 1.73. The van der Waals surface area contributed by atoms with Crippen LogP contribution in [-0.2, 0) is 19.5 Å². The van der Waals surface area contributed by atoms with Crippen LogP contribution in [0.25, 0.3) is 0 Å². The molecular weight excluding hydrogens is 324 g/mol. The van der Waals surface area contributed by atoms with Crippen LogP contribution in [0.15, 0.2) is 43.4 Å². The molecule has 0 bridgehead atoms. The molecule has 0 aliphatic rings. The van der Waals surface area contributed by atoms with E-state index in [4.69, 9.17) is 0 Å². The second-order valence-electron chi connectivity index (χ2n) is 1.73. The zero-order valence-electron chi connectivity index (χ0n) is 7.50. The molecule has 0 amide bonds. The van der Waals surface area contributed by atoms with Gasteiger partial charge in [0.1, 0.15) is 0 Å². The molecule has 0 fully saturated rings. The summed E-state index contributed by atoms with van der Waals surface area (Å²) in [6.07, 6.45) is 13.8. The van der Waals surface area contributed by atoms with Crippen molar-refractivity contribution in [3.8, 4) is 0 Å². The van der Waals surface area contributed by atoms with E-state index in [0.29, 0.717) is 0 Å². The van der Waals surface area contributed by atoms with Crippen molar-refractivity contribution in [3.05, 3.63) is 49.6 Å². The van der Waals surface area contributed by atoms with Gasteiger partial charge in [0.2, 0.25) is 0 Å². The zero-order valence-corrected chi connectivity index (χ0v) is 10.9. The summed E-state index contributed by atoms with van der Waals surface area (Å²) in [5.74, 6) is 0. The van der Waals surface area contributed by atoms with Crippen LogP contribution >= 0.6 is 24.8 Å². The van der Waals surface area contributed by atoms with Gasteiger partial charge in [0.15, 0.2) is 0 Å². The molecule has 2 heterocycles. The van der Waals surface area contributed by atoms with Gasteiger partial charge in [0, 0.05) is 24.8 Å². The van der Waals surface area contributed by atoms with Crippen LogP contribution in [0, 0.1) is 6.20 Å². The monoisotopic (exact) mass is 333 g/mol. The van der Waals surface area contributed by atoms with E-state index in [9.17, 15) is 0 Å². The largest absolute Gasteiger partial charge is 1.00 e. The van der Waals surface area contributed by atoms with Crippen LogP contribution in [0.4, 0.5) is 0 Å². The first-order valence-corrected chi connectivity index (χ1v) is 3.32. The number of aromatic nitrogens is 4. The Morgan fingerprint density at radius 3 is 1.27 bits per heavy atom. The van der Waals surface area contributed by atoms with E-state index in [0.717, 1.165) is 0 Å². The SMILES string of the molecule is Cl.Cl.[Ru+].[c-]1cnccn1.c1cnccn1. The third-order valence-electron chi connectivity index (χ3n) is 0.912. The van der Waals surface area contributed by atoms with Gasteiger partial charge in [0.25, 0.3) is 0 Å². The molecule has 0 N–H and O–H groups in total. The Morgan fingerprint density at radius 1 is 0.667 bits per heavy atom.